The van der Waals surface area contributed by atoms with Gasteiger partial charge in [-0.05, 0) is 49.6 Å². The van der Waals surface area contributed by atoms with Crippen molar-refractivity contribution in [2.75, 3.05) is 19.8 Å². The first-order chi connectivity index (χ1) is 14.4. The van der Waals surface area contributed by atoms with E-state index in [2.05, 4.69) is 23.5 Å². The van der Waals surface area contributed by atoms with Crippen molar-refractivity contribution in [2.24, 2.45) is 0 Å². The molecule has 166 valence electrons. The zero-order valence-corrected chi connectivity index (χ0v) is 17.6. The predicted molar refractivity (Wildman–Crippen MR) is 112 cm³/mol. The second-order valence-corrected chi connectivity index (χ2v) is 7.95. The minimum atomic E-state index is -4.43. The zero-order chi connectivity index (χ0) is 21.2. The lowest BCUT2D eigenvalue weighted by Gasteiger charge is -2.41. The van der Waals surface area contributed by atoms with Gasteiger partial charge in [0.1, 0.15) is 5.75 Å². The van der Waals surface area contributed by atoms with Crippen LogP contribution < -0.4 is 10.1 Å². The highest BCUT2D eigenvalue weighted by Crippen LogP contribution is 2.49. The molecule has 0 unspecified atom stereocenters. The van der Waals surface area contributed by atoms with E-state index in [1.165, 1.54) is 12.1 Å². The standard InChI is InChI=1S/C23H23F3N2O2.ClH/c24-23(25,26)15-29-20-8-7-16(13-27)11-19(20)18-12-22(30-14-18)9-4-10-28-21(22)17-5-2-1-3-6-17;/h1-3,5-8,11,18,21,28H,4,9-10,12,14-15H2;1H/t18-,21-,22+;/m0./s1. The van der Waals surface area contributed by atoms with Crippen LogP contribution in [0.5, 0.6) is 5.75 Å². The van der Waals surface area contributed by atoms with Crippen molar-refractivity contribution in [3.8, 4) is 11.8 Å². The monoisotopic (exact) mass is 452 g/mol. The number of benzene rings is 2. The highest BCUT2D eigenvalue weighted by Gasteiger charge is 2.49. The summed E-state index contributed by atoms with van der Waals surface area (Å²) in [5.41, 5.74) is 1.70. The van der Waals surface area contributed by atoms with Gasteiger partial charge >= 0.3 is 6.18 Å². The van der Waals surface area contributed by atoms with E-state index in [1.54, 1.807) is 6.07 Å². The van der Waals surface area contributed by atoms with Crippen molar-refractivity contribution in [2.45, 2.75) is 43.0 Å². The molecule has 2 heterocycles. The normalized spacial score (nSPS) is 25.6. The molecule has 4 rings (SSSR count). The number of nitrogens with one attached hydrogen (secondary N) is 1. The number of ether oxygens (including phenoxy) is 2. The fourth-order valence-corrected chi connectivity index (χ4v) is 4.64. The molecule has 0 aromatic heterocycles. The number of hydrogen-bond acceptors (Lipinski definition) is 4. The predicted octanol–water partition coefficient (Wildman–Crippen LogP) is 5.29. The van der Waals surface area contributed by atoms with E-state index in [1.807, 2.05) is 18.2 Å². The Morgan fingerprint density at radius 3 is 2.68 bits per heavy atom. The van der Waals surface area contributed by atoms with Gasteiger partial charge in [-0.25, -0.2) is 0 Å². The van der Waals surface area contributed by atoms with Crippen LogP contribution >= 0.6 is 12.4 Å². The Morgan fingerprint density at radius 1 is 1.19 bits per heavy atom. The largest absolute Gasteiger partial charge is 0.484 e. The van der Waals surface area contributed by atoms with E-state index in [9.17, 15) is 18.4 Å². The summed E-state index contributed by atoms with van der Waals surface area (Å²) >= 11 is 0. The van der Waals surface area contributed by atoms with Crippen LogP contribution in [-0.2, 0) is 4.74 Å². The van der Waals surface area contributed by atoms with E-state index in [-0.39, 0.29) is 30.1 Å². The number of alkyl halides is 3. The molecular formula is C23H24ClF3N2O2. The Morgan fingerprint density at radius 2 is 1.97 bits per heavy atom. The third-order valence-electron chi connectivity index (χ3n) is 5.92. The maximum absolute atomic E-state index is 12.7. The molecule has 0 radical (unpaired) electrons. The molecular weight excluding hydrogens is 429 g/mol. The maximum Gasteiger partial charge on any atom is 0.422 e. The second kappa shape index (κ2) is 9.47. The topological polar surface area (TPSA) is 54.3 Å². The quantitative estimate of drug-likeness (QED) is 0.685. The van der Waals surface area contributed by atoms with Crippen molar-refractivity contribution in [1.82, 2.24) is 5.32 Å². The molecule has 2 aliphatic heterocycles. The van der Waals surface area contributed by atoms with Crippen molar-refractivity contribution in [3.05, 3.63) is 65.2 Å². The molecule has 0 aliphatic carbocycles. The zero-order valence-electron chi connectivity index (χ0n) is 16.8. The van der Waals surface area contributed by atoms with Crippen LogP contribution in [0.4, 0.5) is 13.2 Å². The van der Waals surface area contributed by atoms with Crippen LogP contribution in [0.2, 0.25) is 0 Å². The van der Waals surface area contributed by atoms with Gasteiger partial charge < -0.3 is 14.8 Å². The van der Waals surface area contributed by atoms with Gasteiger partial charge in [0.05, 0.1) is 29.9 Å². The van der Waals surface area contributed by atoms with E-state index >= 15 is 0 Å². The summed E-state index contributed by atoms with van der Waals surface area (Å²) in [4.78, 5) is 0. The second-order valence-electron chi connectivity index (χ2n) is 7.95. The van der Waals surface area contributed by atoms with Crippen molar-refractivity contribution >= 4 is 12.4 Å². The van der Waals surface area contributed by atoms with Gasteiger partial charge in [-0.2, -0.15) is 18.4 Å². The average molecular weight is 453 g/mol. The van der Waals surface area contributed by atoms with Crippen molar-refractivity contribution in [3.63, 3.8) is 0 Å². The summed E-state index contributed by atoms with van der Waals surface area (Å²) in [5, 5.41) is 12.8. The summed E-state index contributed by atoms with van der Waals surface area (Å²) in [7, 11) is 0. The minimum Gasteiger partial charge on any atom is -0.484 e. The third kappa shape index (κ3) is 5.15. The highest BCUT2D eigenvalue weighted by atomic mass is 35.5. The molecule has 2 aromatic carbocycles. The fourth-order valence-electron chi connectivity index (χ4n) is 4.64. The number of nitrogens with zero attached hydrogens (tertiary/aromatic N) is 1. The Bertz CT molecular complexity index is 933. The van der Waals surface area contributed by atoms with Gasteiger partial charge in [-0.3, -0.25) is 0 Å². The number of piperidine rings is 1. The first-order valence-corrected chi connectivity index (χ1v) is 10.1. The summed E-state index contributed by atoms with van der Waals surface area (Å²) < 4.78 is 49.6. The van der Waals surface area contributed by atoms with Gasteiger partial charge in [-0.15, -0.1) is 12.4 Å². The van der Waals surface area contributed by atoms with E-state index < -0.39 is 18.4 Å². The molecule has 8 heteroatoms. The number of halogens is 4. The molecule has 2 aliphatic rings. The third-order valence-corrected chi connectivity index (χ3v) is 5.92. The maximum atomic E-state index is 12.7. The Balaban J connectivity index is 0.00000272. The smallest absolute Gasteiger partial charge is 0.422 e. The van der Waals surface area contributed by atoms with Gasteiger partial charge in [0.2, 0.25) is 0 Å². The molecule has 31 heavy (non-hydrogen) atoms. The van der Waals surface area contributed by atoms with E-state index in [4.69, 9.17) is 9.47 Å². The summed E-state index contributed by atoms with van der Waals surface area (Å²) in [5.74, 6) is 0.0182. The first kappa shape index (κ1) is 23.4. The molecule has 2 aromatic rings. The van der Waals surface area contributed by atoms with Crippen LogP contribution in [0.3, 0.4) is 0 Å². The lowest BCUT2D eigenvalue weighted by molar-refractivity contribution is -0.153. The van der Waals surface area contributed by atoms with Crippen LogP contribution in [0, 0.1) is 11.3 Å². The molecule has 0 bridgehead atoms. The summed E-state index contributed by atoms with van der Waals surface area (Å²) in [6, 6.07) is 16.7. The van der Waals surface area contributed by atoms with E-state index in [0.717, 1.165) is 24.9 Å². The number of hydrogen-bond donors (Lipinski definition) is 1. The van der Waals surface area contributed by atoms with Gasteiger partial charge in [0.15, 0.2) is 6.61 Å². The molecule has 2 saturated heterocycles. The molecule has 4 nitrogen and oxygen atoms in total. The van der Waals surface area contributed by atoms with E-state index in [0.29, 0.717) is 24.2 Å². The van der Waals surface area contributed by atoms with Crippen LogP contribution in [0.1, 0.15) is 47.9 Å². The van der Waals surface area contributed by atoms with Gasteiger partial charge in [0, 0.05) is 11.5 Å². The van der Waals surface area contributed by atoms with Crippen LogP contribution in [0.25, 0.3) is 0 Å². The van der Waals surface area contributed by atoms with Crippen LogP contribution in [0.15, 0.2) is 48.5 Å². The van der Waals surface area contributed by atoms with Gasteiger partial charge in [-0.1, -0.05) is 30.3 Å². The lowest BCUT2D eigenvalue weighted by atomic mass is 9.76. The Labute approximate surface area is 185 Å². The van der Waals surface area contributed by atoms with Crippen molar-refractivity contribution < 1.29 is 22.6 Å². The Kier molecular flexibility index (Phi) is 7.15. The van der Waals surface area contributed by atoms with Crippen LogP contribution in [-0.4, -0.2) is 31.5 Å². The SMILES string of the molecule is Cl.N#Cc1ccc(OCC(F)(F)F)c([C@@H]2CO[C@]3(CCCN[C@H]3c3ccccc3)C2)c1. The molecule has 1 spiro atoms. The van der Waals surface area contributed by atoms with Gasteiger partial charge in [0.25, 0.3) is 0 Å². The molecule has 2 fully saturated rings. The number of nitriles is 1. The summed E-state index contributed by atoms with van der Waals surface area (Å²) in [6.07, 6.45) is -1.94. The lowest BCUT2D eigenvalue weighted by Crippen LogP contribution is -2.48. The molecule has 3 atom stereocenters. The molecule has 0 amide bonds. The molecule has 0 saturated carbocycles. The highest BCUT2D eigenvalue weighted by molar-refractivity contribution is 5.85. The minimum absolute atomic E-state index is 0. The Hall–Kier alpha value is -2.27. The molecule has 1 N–H and O–H groups in total. The average Bonchev–Trinajstić information content (AvgIpc) is 3.16. The fraction of sp³-hybridized carbons (Fsp3) is 0.435. The van der Waals surface area contributed by atoms with Crippen molar-refractivity contribution in [1.29, 1.82) is 5.26 Å². The number of rotatable bonds is 4. The first-order valence-electron chi connectivity index (χ1n) is 10.1. The summed E-state index contributed by atoms with van der Waals surface area (Å²) in [6.45, 7) is -0.0969.